The molecular weight excluding hydrogens is 448 g/mol. The standard InChI is InChI=1S/C23H19BrN2O4/c1-2-29-20-11-8-17(9-12-20)23(28)30-21-13-10-19(24)14-18(21)15-25-26-22(27)16-6-4-3-5-7-16/h3-15H,2H2,1H3,(H,26,27). The maximum Gasteiger partial charge on any atom is 0.343 e. The second-order valence-electron chi connectivity index (χ2n) is 6.09. The quantitative estimate of drug-likeness (QED) is 0.234. The van der Waals surface area contributed by atoms with Gasteiger partial charge in [-0.1, -0.05) is 34.1 Å². The molecule has 3 aromatic rings. The molecule has 3 aromatic carbocycles. The van der Waals surface area contributed by atoms with Crippen LogP contribution in [0.4, 0.5) is 0 Å². The number of amides is 1. The predicted octanol–water partition coefficient (Wildman–Crippen LogP) is 4.83. The lowest BCUT2D eigenvalue weighted by atomic mass is 10.2. The average molecular weight is 467 g/mol. The summed E-state index contributed by atoms with van der Waals surface area (Å²) >= 11 is 3.38. The highest BCUT2D eigenvalue weighted by atomic mass is 79.9. The molecule has 0 heterocycles. The zero-order valence-electron chi connectivity index (χ0n) is 16.2. The van der Waals surface area contributed by atoms with Crippen molar-refractivity contribution in [2.45, 2.75) is 6.92 Å². The van der Waals surface area contributed by atoms with Crippen molar-refractivity contribution in [3.05, 3.63) is 94.0 Å². The smallest absolute Gasteiger partial charge is 0.343 e. The number of halogens is 1. The Bertz CT molecular complexity index is 1050. The molecule has 1 amide bonds. The van der Waals surface area contributed by atoms with Gasteiger partial charge in [-0.15, -0.1) is 0 Å². The molecule has 152 valence electrons. The number of carbonyl (C=O) groups is 2. The first-order valence-corrected chi connectivity index (χ1v) is 9.99. The van der Waals surface area contributed by atoms with Crippen LogP contribution in [-0.4, -0.2) is 24.7 Å². The molecule has 0 aromatic heterocycles. The van der Waals surface area contributed by atoms with Gasteiger partial charge in [0.25, 0.3) is 5.91 Å². The zero-order valence-corrected chi connectivity index (χ0v) is 17.8. The fourth-order valence-corrected chi connectivity index (χ4v) is 2.92. The predicted molar refractivity (Wildman–Crippen MR) is 118 cm³/mol. The Morgan fingerprint density at radius 1 is 1.00 bits per heavy atom. The van der Waals surface area contributed by atoms with Crippen molar-refractivity contribution < 1.29 is 19.1 Å². The largest absolute Gasteiger partial charge is 0.494 e. The minimum atomic E-state index is -0.511. The van der Waals surface area contributed by atoms with Crippen molar-refractivity contribution in [2.75, 3.05) is 6.61 Å². The number of carbonyl (C=O) groups excluding carboxylic acids is 2. The summed E-state index contributed by atoms with van der Waals surface area (Å²) in [6, 6.07) is 20.6. The molecule has 0 aliphatic heterocycles. The topological polar surface area (TPSA) is 77.0 Å². The molecule has 0 aliphatic carbocycles. The van der Waals surface area contributed by atoms with Gasteiger partial charge in [0.2, 0.25) is 0 Å². The summed E-state index contributed by atoms with van der Waals surface area (Å²) in [6.07, 6.45) is 1.42. The minimum absolute atomic E-state index is 0.315. The van der Waals surface area contributed by atoms with Crippen molar-refractivity contribution in [3.8, 4) is 11.5 Å². The Hall–Kier alpha value is -3.45. The molecule has 0 radical (unpaired) electrons. The summed E-state index contributed by atoms with van der Waals surface area (Å²) in [5, 5.41) is 3.98. The Morgan fingerprint density at radius 3 is 2.43 bits per heavy atom. The molecular formula is C23H19BrN2O4. The maximum absolute atomic E-state index is 12.5. The van der Waals surface area contributed by atoms with E-state index in [1.165, 1.54) is 6.21 Å². The molecule has 30 heavy (non-hydrogen) atoms. The minimum Gasteiger partial charge on any atom is -0.494 e. The van der Waals surface area contributed by atoms with E-state index in [-0.39, 0.29) is 5.91 Å². The molecule has 1 N–H and O–H groups in total. The van der Waals surface area contributed by atoms with Gasteiger partial charge in [0.1, 0.15) is 11.5 Å². The molecule has 0 unspecified atom stereocenters. The van der Waals surface area contributed by atoms with Crippen LogP contribution >= 0.6 is 15.9 Å². The van der Waals surface area contributed by atoms with Gasteiger partial charge < -0.3 is 9.47 Å². The SMILES string of the molecule is CCOc1ccc(C(=O)Oc2ccc(Br)cc2C=NNC(=O)c2ccccc2)cc1. The summed E-state index contributed by atoms with van der Waals surface area (Å²) in [5.41, 5.74) is 3.87. The van der Waals surface area contributed by atoms with Crippen LogP contribution in [0.2, 0.25) is 0 Å². The molecule has 0 saturated heterocycles. The average Bonchev–Trinajstić information content (AvgIpc) is 2.76. The number of nitrogens with one attached hydrogen (secondary N) is 1. The van der Waals surface area contributed by atoms with Gasteiger partial charge in [-0.05, 0) is 61.5 Å². The van der Waals surface area contributed by atoms with Gasteiger partial charge in [0.15, 0.2) is 0 Å². The van der Waals surface area contributed by atoms with Crippen LogP contribution in [0.25, 0.3) is 0 Å². The Kier molecular flexibility index (Phi) is 7.34. The highest BCUT2D eigenvalue weighted by Crippen LogP contribution is 2.23. The summed E-state index contributed by atoms with van der Waals surface area (Å²) in [7, 11) is 0. The highest BCUT2D eigenvalue weighted by molar-refractivity contribution is 9.10. The van der Waals surface area contributed by atoms with E-state index >= 15 is 0 Å². The molecule has 0 spiro atoms. The third-order valence-corrected chi connectivity index (χ3v) is 4.47. The van der Waals surface area contributed by atoms with Crippen molar-refractivity contribution in [3.63, 3.8) is 0 Å². The van der Waals surface area contributed by atoms with E-state index in [0.29, 0.717) is 34.8 Å². The lowest BCUT2D eigenvalue weighted by Gasteiger charge is -2.09. The van der Waals surface area contributed by atoms with Crippen molar-refractivity contribution in [2.24, 2.45) is 5.10 Å². The molecule has 0 saturated carbocycles. The van der Waals surface area contributed by atoms with E-state index in [2.05, 4.69) is 26.5 Å². The normalized spacial score (nSPS) is 10.6. The molecule has 6 nitrogen and oxygen atoms in total. The lowest BCUT2D eigenvalue weighted by molar-refractivity contribution is 0.0734. The molecule has 7 heteroatoms. The van der Waals surface area contributed by atoms with Crippen molar-refractivity contribution in [1.82, 2.24) is 5.43 Å². The number of ether oxygens (including phenoxy) is 2. The number of hydrogen-bond donors (Lipinski definition) is 1. The molecule has 0 bridgehead atoms. The first kappa shape index (κ1) is 21.3. The second-order valence-corrected chi connectivity index (χ2v) is 7.01. The van der Waals surface area contributed by atoms with Crippen LogP contribution in [0, 0.1) is 0 Å². The van der Waals surface area contributed by atoms with Gasteiger partial charge in [0, 0.05) is 15.6 Å². The van der Waals surface area contributed by atoms with Gasteiger partial charge in [-0.3, -0.25) is 4.79 Å². The summed E-state index contributed by atoms with van der Waals surface area (Å²) in [6.45, 7) is 2.44. The van der Waals surface area contributed by atoms with E-state index in [9.17, 15) is 9.59 Å². The Labute approximate surface area is 182 Å². The molecule has 0 fully saturated rings. The maximum atomic E-state index is 12.5. The van der Waals surface area contributed by atoms with Crippen LogP contribution in [0.3, 0.4) is 0 Å². The van der Waals surface area contributed by atoms with Crippen LogP contribution in [-0.2, 0) is 0 Å². The molecule has 0 aliphatic rings. The monoisotopic (exact) mass is 466 g/mol. The Morgan fingerprint density at radius 2 is 1.73 bits per heavy atom. The summed E-state index contributed by atoms with van der Waals surface area (Å²) < 4.78 is 11.7. The number of nitrogens with zero attached hydrogens (tertiary/aromatic N) is 1. The van der Waals surface area contributed by atoms with E-state index in [1.54, 1.807) is 66.7 Å². The number of esters is 1. The zero-order chi connectivity index (χ0) is 21.3. The lowest BCUT2D eigenvalue weighted by Crippen LogP contribution is -2.17. The van der Waals surface area contributed by atoms with E-state index in [1.807, 2.05) is 13.0 Å². The summed E-state index contributed by atoms with van der Waals surface area (Å²) in [4.78, 5) is 24.6. The first-order chi connectivity index (χ1) is 14.6. The van der Waals surface area contributed by atoms with Crippen LogP contribution in [0.15, 0.2) is 82.4 Å². The first-order valence-electron chi connectivity index (χ1n) is 9.20. The molecule has 0 atom stereocenters. The number of rotatable bonds is 7. The van der Waals surface area contributed by atoms with Gasteiger partial charge >= 0.3 is 5.97 Å². The number of hydrogen-bond acceptors (Lipinski definition) is 5. The number of benzene rings is 3. The summed E-state index contributed by atoms with van der Waals surface area (Å²) in [5.74, 6) is 0.146. The van der Waals surface area contributed by atoms with Crippen LogP contribution in [0.5, 0.6) is 11.5 Å². The fraction of sp³-hybridized carbons (Fsp3) is 0.0870. The second kappa shape index (κ2) is 10.4. The van der Waals surface area contributed by atoms with Crippen LogP contribution in [0.1, 0.15) is 33.2 Å². The van der Waals surface area contributed by atoms with Crippen molar-refractivity contribution >= 4 is 34.0 Å². The van der Waals surface area contributed by atoms with E-state index in [4.69, 9.17) is 9.47 Å². The van der Waals surface area contributed by atoms with Gasteiger partial charge in [0.05, 0.1) is 18.4 Å². The van der Waals surface area contributed by atoms with Gasteiger partial charge in [-0.25, -0.2) is 10.2 Å². The number of hydrazone groups is 1. The van der Waals surface area contributed by atoms with Gasteiger partial charge in [-0.2, -0.15) is 5.10 Å². The Balaban J connectivity index is 1.71. The highest BCUT2D eigenvalue weighted by Gasteiger charge is 2.12. The third-order valence-electron chi connectivity index (χ3n) is 3.98. The third kappa shape index (κ3) is 5.78. The van der Waals surface area contributed by atoms with E-state index < -0.39 is 5.97 Å². The molecule has 3 rings (SSSR count). The van der Waals surface area contributed by atoms with E-state index in [0.717, 1.165) is 4.47 Å². The van der Waals surface area contributed by atoms with Crippen molar-refractivity contribution in [1.29, 1.82) is 0 Å². The fourth-order valence-electron chi connectivity index (χ4n) is 2.54. The van der Waals surface area contributed by atoms with Crippen LogP contribution < -0.4 is 14.9 Å².